The first-order valence-corrected chi connectivity index (χ1v) is 9.06. The van der Waals surface area contributed by atoms with Crippen LogP contribution in [0, 0.1) is 0 Å². The molecular weight excluding hydrogens is 326 g/mol. The van der Waals surface area contributed by atoms with E-state index < -0.39 is 5.60 Å². The molecule has 0 aliphatic carbocycles. The molecule has 1 amide bonds. The van der Waals surface area contributed by atoms with Gasteiger partial charge in [-0.05, 0) is 30.0 Å². The van der Waals surface area contributed by atoms with Crippen molar-refractivity contribution >= 4 is 22.9 Å². The van der Waals surface area contributed by atoms with Crippen LogP contribution in [0.15, 0.2) is 29.6 Å². The normalized spacial score (nSPS) is 21.4. The number of anilines is 1. The van der Waals surface area contributed by atoms with Crippen molar-refractivity contribution in [2.45, 2.75) is 31.8 Å². The molecule has 5 nitrogen and oxygen atoms in total. The molecule has 0 saturated carbocycles. The maximum absolute atomic E-state index is 13.1. The van der Waals surface area contributed by atoms with Crippen molar-refractivity contribution in [2.24, 2.45) is 0 Å². The number of thiophene rings is 1. The minimum Gasteiger partial charge on any atom is -0.454 e. The number of fused-ring (bicyclic) bond motifs is 2. The van der Waals surface area contributed by atoms with Gasteiger partial charge in [0.05, 0.1) is 10.6 Å². The van der Waals surface area contributed by atoms with Crippen molar-refractivity contribution in [1.82, 2.24) is 0 Å². The Labute approximate surface area is 144 Å². The van der Waals surface area contributed by atoms with Crippen molar-refractivity contribution in [1.29, 1.82) is 0 Å². The van der Waals surface area contributed by atoms with E-state index in [4.69, 9.17) is 9.47 Å². The van der Waals surface area contributed by atoms with Crippen molar-refractivity contribution in [2.75, 3.05) is 18.2 Å². The van der Waals surface area contributed by atoms with E-state index in [1.807, 2.05) is 11.4 Å². The third-order valence-electron chi connectivity index (χ3n) is 4.59. The lowest BCUT2D eigenvalue weighted by molar-refractivity contribution is -0.132. The minimum absolute atomic E-state index is 0.165. The molecule has 0 spiro atoms. The summed E-state index contributed by atoms with van der Waals surface area (Å²) in [4.78, 5) is 15.4. The number of unbranched alkanes of at least 4 members (excludes halogenated alkanes) is 2. The Hall–Kier alpha value is -2.05. The van der Waals surface area contributed by atoms with E-state index in [0.717, 1.165) is 24.9 Å². The SMILES string of the molecule is CCCCCN1C(=O)C(O)(c2ccc3c(c2)OCO3)c2sccc21. The number of rotatable bonds is 5. The summed E-state index contributed by atoms with van der Waals surface area (Å²) in [6.45, 7) is 2.92. The van der Waals surface area contributed by atoms with Gasteiger partial charge in [0.1, 0.15) is 0 Å². The van der Waals surface area contributed by atoms with Gasteiger partial charge in [-0.15, -0.1) is 11.3 Å². The van der Waals surface area contributed by atoms with Gasteiger partial charge in [0.25, 0.3) is 5.91 Å². The van der Waals surface area contributed by atoms with E-state index in [1.54, 1.807) is 23.1 Å². The second-order valence-corrected chi connectivity index (χ2v) is 6.99. The Balaban J connectivity index is 1.73. The fraction of sp³-hybridized carbons (Fsp3) is 0.389. The Morgan fingerprint density at radius 1 is 1.25 bits per heavy atom. The molecule has 6 heteroatoms. The summed E-state index contributed by atoms with van der Waals surface area (Å²) < 4.78 is 10.7. The van der Waals surface area contributed by atoms with E-state index in [1.165, 1.54) is 11.3 Å². The van der Waals surface area contributed by atoms with Crippen molar-refractivity contribution in [3.8, 4) is 11.5 Å². The Kier molecular flexibility index (Phi) is 3.73. The highest BCUT2D eigenvalue weighted by Gasteiger charge is 2.52. The van der Waals surface area contributed by atoms with Crippen LogP contribution in [0.25, 0.3) is 0 Å². The van der Waals surface area contributed by atoms with Crippen LogP contribution in [-0.4, -0.2) is 24.4 Å². The number of hydrogen-bond acceptors (Lipinski definition) is 5. The van der Waals surface area contributed by atoms with Gasteiger partial charge in [0.2, 0.25) is 12.4 Å². The molecule has 0 bridgehead atoms. The molecule has 4 rings (SSSR count). The van der Waals surface area contributed by atoms with Crippen LogP contribution in [0.5, 0.6) is 11.5 Å². The van der Waals surface area contributed by atoms with Gasteiger partial charge in [-0.3, -0.25) is 4.79 Å². The standard InChI is InChI=1S/C18H19NO4S/c1-2-3-4-8-19-13-7-9-24-16(13)18(21,17(19)20)12-5-6-14-15(10-12)23-11-22-14/h5-7,9-10,21H,2-4,8,11H2,1H3. The smallest absolute Gasteiger partial charge is 0.269 e. The second kappa shape index (κ2) is 5.79. The highest BCUT2D eigenvalue weighted by Crippen LogP contribution is 2.49. The zero-order valence-electron chi connectivity index (χ0n) is 13.4. The maximum atomic E-state index is 13.1. The Bertz CT molecular complexity index is 787. The van der Waals surface area contributed by atoms with Crippen LogP contribution in [0.3, 0.4) is 0 Å². The number of carbonyl (C=O) groups is 1. The predicted octanol–water partition coefficient (Wildman–Crippen LogP) is 3.25. The van der Waals surface area contributed by atoms with Crippen LogP contribution in [0.4, 0.5) is 5.69 Å². The molecule has 0 saturated heterocycles. The number of hydrogen-bond donors (Lipinski definition) is 1. The molecule has 2 aromatic rings. The summed E-state index contributed by atoms with van der Waals surface area (Å²) in [5.74, 6) is 0.926. The minimum atomic E-state index is -1.64. The predicted molar refractivity (Wildman–Crippen MR) is 91.8 cm³/mol. The van der Waals surface area contributed by atoms with Crippen molar-refractivity contribution in [3.05, 3.63) is 40.1 Å². The van der Waals surface area contributed by atoms with Gasteiger partial charge in [-0.2, -0.15) is 0 Å². The topological polar surface area (TPSA) is 59.0 Å². The summed E-state index contributed by atoms with van der Waals surface area (Å²) in [7, 11) is 0. The summed E-state index contributed by atoms with van der Waals surface area (Å²) >= 11 is 1.41. The molecule has 126 valence electrons. The van der Waals surface area contributed by atoms with Gasteiger partial charge in [0.15, 0.2) is 11.5 Å². The lowest BCUT2D eigenvalue weighted by atomic mass is 9.92. The summed E-state index contributed by atoms with van der Waals surface area (Å²) in [6, 6.07) is 7.11. The lowest BCUT2D eigenvalue weighted by Crippen LogP contribution is -2.41. The molecule has 1 atom stereocenters. The molecule has 1 N–H and O–H groups in total. The highest BCUT2D eigenvalue weighted by molar-refractivity contribution is 7.11. The van der Waals surface area contributed by atoms with Crippen LogP contribution < -0.4 is 14.4 Å². The van der Waals surface area contributed by atoms with Crippen LogP contribution in [0.1, 0.15) is 36.6 Å². The molecule has 3 heterocycles. The molecule has 0 fully saturated rings. The highest BCUT2D eigenvalue weighted by atomic mass is 32.1. The zero-order chi connectivity index (χ0) is 16.7. The molecule has 1 unspecified atom stereocenters. The first-order chi connectivity index (χ1) is 11.7. The summed E-state index contributed by atoms with van der Waals surface area (Å²) in [5.41, 5.74) is -0.295. The average Bonchev–Trinajstić information content (AvgIpc) is 3.29. The first-order valence-electron chi connectivity index (χ1n) is 8.18. The first kappa shape index (κ1) is 15.5. The lowest BCUT2D eigenvalue weighted by Gasteiger charge is -2.24. The summed E-state index contributed by atoms with van der Waals surface area (Å²) in [5, 5.41) is 13.3. The molecule has 2 aliphatic heterocycles. The van der Waals surface area contributed by atoms with E-state index >= 15 is 0 Å². The average molecular weight is 345 g/mol. The number of ether oxygens (including phenoxy) is 2. The largest absolute Gasteiger partial charge is 0.454 e. The van der Waals surface area contributed by atoms with Gasteiger partial charge in [-0.1, -0.05) is 25.8 Å². The second-order valence-electron chi connectivity index (χ2n) is 6.08. The molecule has 1 aromatic heterocycles. The van der Waals surface area contributed by atoms with Gasteiger partial charge in [0, 0.05) is 12.1 Å². The third kappa shape index (κ3) is 2.13. The Morgan fingerprint density at radius 3 is 2.92 bits per heavy atom. The number of nitrogens with zero attached hydrogens (tertiary/aromatic N) is 1. The maximum Gasteiger partial charge on any atom is 0.269 e. The molecule has 1 aromatic carbocycles. The number of carbonyl (C=O) groups excluding carboxylic acids is 1. The Morgan fingerprint density at radius 2 is 2.08 bits per heavy atom. The van der Waals surface area contributed by atoms with Crippen molar-refractivity contribution in [3.63, 3.8) is 0 Å². The number of aliphatic hydroxyl groups is 1. The molecule has 2 aliphatic rings. The van der Waals surface area contributed by atoms with Crippen molar-refractivity contribution < 1.29 is 19.4 Å². The molecule has 24 heavy (non-hydrogen) atoms. The van der Waals surface area contributed by atoms with E-state index in [-0.39, 0.29) is 12.7 Å². The van der Waals surface area contributed by atoms with E-state index in [9.17, 15) is 9.90 Å². The van der Waals surface area contributed by atoms with Gasteiger partial charge >= 0.3 is 0 Å². The number of amides is 1. The zero-order valence-corrected chi connectivity index (χ0v) is 14.3. The van der Waals surface area contributed by atoms with E-state index in [2.05, 4.69) is 6.92 Å². The van der Waals surface area contributed by atoms with Crippen LogP contribution in [0.2, 0.25) is 0 Å². The van der Waals surface area contributed by atoms with Gasteiger partial charge < -0.3 is 19.5 Å². The fourth-order valence-electron chi connectivity index (χ4n) is 3.31. The van der Waals surface area contributed by atoms with E-state index in [0.29, 0.717) is 28.5 Å². The monoisotopic (exact) mass is 345 g/mol. The number of benzene rings is 1. The fourth-order valence-corrected chi connectivity index (χ4v) is 4.31. The van der Waals surface area contributed by atoms with Crippen LogP contribution in [-0.2, 0) is 10.4 Å². The third-order valence-corrected chi connectivity index (χ3v) is 5.61. The van der Waals surface area contributed by atoms with Crippen LogP contribution >= 0.6 is 11.3 Å². The van der Waals surface area contributed by atoms with Gasteiger partial charge in [-0.25, -0.2) is 0 Å². The summed E-state index contributed by atoms with van der Waals surface area (Å²) in [6.07, 6.45) is 3.07. The molecular formula is C18H19NO4S. The molecule has 0 radical (unpaired) electrons. The quantitative estimate of drug-likeness (QED) is 0.845.